The first-order valence-electron chi connectivity index (χ1n) is 9.31. The number of amides is 2. The van der Waals surface area contributed by atoms with Crippen LogP contribution in [0.4, 0.5) is 4.79 Å². The van der Waals surface area contributed by atoms with E-state index in [1.807, 2.05) is 32.0 Å². The number of ether oxygens (including phenoxy) is 1. The maximum absolute atomic E-state index is 12.9. The van der Waals surface area contributed by atoms with E-state index >= 15 is 0 Å². The smallest absolute Gasteiger partial charge is 0.409 e. The molecular formula is C21H27N3O3. The Morgan fingerprint density at radius 1 is 1.11 bits per heavy atom. The molecule has 3 rings (SSSR count). The fourth-order valence-corrected chi connectivity index (χ4v) is 3.78. The highest BCUT2D eigenvalue weighted by Gasteiger charge is 2.26. The van der Waals surface area contributed by atoms with Crippen molar-refractivity contribution in [3.8, 4) is 5.69 Å². The molecule has 0 saturated carbocycles. The van der Waals surface area contributed by atoms with Crippen LogP contribution in [0.2, 0.25) is 0 Å². The maximum atomic E-state index is 12.9. The van der Waals surface area contributed by atoms with Gasteiger partial charge in [0.15, 0.2) is 0 Å². The topological polar surface area (TPSA) is 63.6 Å². The molecule has 0 aliphatic carbocycles. The molecule has 0 atom stereocenters. The highest BCUT2D eigenvalue weighted by Crippen LogP contribution is 2.23. The van der Waals surface area contributed by atoms with Crippen molar-refractivity contribution in [3.63, 3.8) is 0 Å². The third-order valence-corrected chi connectivity index (χ3v) is 5.30. The number of carbonyl (C=O) groups excluding carboxylic acids is 2. The summed E-state index contributed by atoms with van der Waals surface area (Å²) in [6.45, 7) is 7.27. The molecule has 0 spiro atoms. The van der Waals surface area contributed by atoms with E-state index < -0.39 is 0 Å². The molecule has 1 aromatic carbocycles. The van der Waals surface area contributed by atoms with Crippen LogP contribution in [-0.4, -0.2) is 47.7 Å². The second-order valence-corrected chi connectivity index (χ2v) is 7.11. The number of aryl methyl sites for hydroxylation is 2. The van der Waals surface area contributed by atoms with Crippen LogP contribution < -0.4 is 5.32 Å². The summed E-state index contributed by atoms with van der Waals surface area (Å²) in [5.74, 6) is -0.0561. The molecule has 6 nitrogen and oxygen atoms in total. The number of methoxy groups -OCH3 is 1. The summed E-state index contributed by atoms with van der Waals surface area (Å²) in [6, 6.07) is 10.2. The van der Waals surface area contributed by atoms with Crippen molar-refractivity contribution in [2.45, 2.75) is 39.7 Å². The third kappa shape index (κ3) is 3.84. The lowest BCUT2D eigenvalue weighted by Gasteiger charge is -2.31. The van der Waals surface area contributed by atoms with Gasteiger partial charge in [0.2, 0.25) is 0 Å². The van der Waals surface area contributed by atoms with Crippen molar-refractivity contribution < 1.29 is 14.3 Å². The first kappa shape index (κ1) is 19.0. The Morgan fingerprint density at radius 3 is 2.41 bits per heavy atom. The molecule has 27 heavy (non-hydrogen) atoms. The monoisotopic (exact) mass is 369 g/mol. The largest absolute Gasteiger partial charge is 0.453 e. The molecule has 2 aromatic rings. The maximum Gasteiger partial charge on any atom is 0.409 e. The number of aromatic nitrogens is 1. The summed E-state index contributed by atoms with van der Waals surface area (Å²) in [7, 11) is 1.39. The van der Waals surface area contributed by atoms with Crippen molar-refractivity contribution in [1.29, 1.82) is 0 Å². The molecule has 1 aliphatic rings. The van der Waals surface area contributed by atoms with Gasteiger partial charge in [-0.05, 0) is 51.3 Å². The average Bonchev–Trinajstić information content (AvgIpc) is 2.96. The first-order chi connectivity index (χ1) is 12.9. The number of likely N-dealkylation sites (tertiary alicyclic amines) is 1. The number of hydrogen-bond donors (Lipinski definition) is 1. The minimum absolute atomic E-state index is 0.0561. The van der Waals surface area contributed by atoms with E-state index in [9.17, 15) is 9.59 Å². The molecule has 144 valence electrons. The Hall–Kier alpha value is -2.76. The molecule has 0 unspecified atom stereocenters. The Labute approximate surface area is 160 Å². The quantitative estimate of drug-likeness (QED) is 0.902. The zero-order valence-electron chi connectivity index (χ0n) is 16.4. The Balaban J connectivity index is 1.73. The number of nitrogens with zero attached hydrogens (tertiary/aromatic N) is 2. The lowest BCUT2D eigenvalue weighted by molar-refractivity contribution is 0.0891. The van der Waals surface area contributed by atoms with Gasteiger partial charge >= 0.3 is 6.09 Å². The van der Waals surface area contributed by atoms with Crippen LogP contribution in [0.5, 0.6) is 0 Å². The minimum Gasteiger partial charge on any atom is -0.453 e. The Kier molecular flexibility index (Phi) is 5.54. The van der Waals surface area contributed by atoms with Gasteiger partial charge in [-0.25, -0.2) is 4.79 Å². The Bertz CT molecular complexity index is 848. The van der Waals surface area contributed by atoms with Gasteiger partial charge in [0.05, 0.1) is 12.7 Å². The highest BCUT2D eigenvalue weighted by molar-refractivity contribution is 5.96. The van der Waals surface area contributed by atoms with Gasteiger partial charge in [0, 0.05) is 36.2 Å². The number of nitrogens with one attached hydrogen (secondary N) is 1. The SMILES string of the molecule is COC(=O)N1CCC(NC(=O)c2cc(C)n(-c3ccccc3C)c2C)CC1. The van der Waals surface area contributed by atoms with Gasteiger partial charge in [-0.2, -0.15) is 0 Å². The van der Waals surface area contributed by atoms with Gasteiger partial charge in [0.1, 0.15) is 0 Å². The van der Waals surface area contributed by atoms with E-state index in [1.165, 1.54) is 12.7 Å². The standard InChI is InChI=1S/C21H27N3O3/c1-14-7-5-6-8-19(14)24-15(2)13-18(16(24)3)20(25)22-17-9-11-23(12-10-17)21(26)27-4/h5-8,13,17H,9-12H2,1-4H3,(H,22,25). The second-order valence-electron chi connectivity index (χ2n) is 7.11. The van der Waals surface area contributed by atoms with E-state index in [0.717, 1.165) is 29.9 Å². The van der Waals surface area contributed by atoms with Crippen LogP contribution in [0.25, 0.3) is 5.69 Å². The molecule has 0 radical (unpaired) electrons. The van der Waals surface area contributed by atoms with Gasteiger partial charge < -0.3 is 19.5 Å². The van der Waals surface area contributed by atoms with Gasteiger partial charge in [-0.1, -0.05) is 18.2 Å². The van der Waals surface area contributed by atoms with Crippen LogP contribution in [0, 0.1) is 20.8 Å². The molecule has 1 N–H and O–H groups in total. The molecule has 2 amide bonds. The lowest BCUT2D eigenvalue weighted by Crippen LogP contribution is -2.46. The van der Waals surface area contributed by atoms with E-state index in [4.69, 9.17) is 4.74 Å². The average molecular weight is 369 g/mol. The van der Waals surface area contributed by atoms with Crippen molar-refractivity contribution in [2.75, 3.05) is 20.2 Å². The molecule has 0 bridgehead atoms. The number of carbonyl (C=O) groups is 2. The summed E-state index contributed by atoms with van der Waals surface area (Å²) in [5.41, 5.74) is 4.93. The number of piperidine rings is 1. The van der Waals surface area contributed by atoms with Crippen molar-refractivity contribution in [2.24, 2.45) is 0 Å². The summed E-state index contributed by atoms with van der Waals surface area (Å²) in [4.78, 5) is 26.1. The van der Waals surface area contributed by atoms with Crippen molar-refractivity contribution in [1.82, 2.24) is 14.8 Å². The van der Waals surface area contributed by atoms with Gasteiger partial charge in [0.25, 0.3) is 5.91 Å². The van der Waals surface area contributed by atoms with Gasteiger partial charge in [-0.15, -0.1) is 0 Å². The first-order valence-corrected chi connectivity index (χ1v) is 9.31. The second kappa shape index (κ2) is 7.86. The molecule has 2 heterocycles. The number of benzene rings is 1. The van der Waals surface area contributed by atoms with Crippen LogP contribution in [0.15, 0.2) is 30.3 Å². The molecule has 6 heteroatoms. The van der Waals surface area contributed by atoms with Crippen LogP contribution in [0.3, 0.4) is 0 Å². The predicted molar refractivity (Wildman–Crippen MR) is 104 cm³/mol. The number of para-hydroxylation sites is 1. The summed E-state index contributed by atoms with van der Waals surface area (Å²) in [6.07, 6.45) is 1.16. The zero-order chi connectivity index (χ0) is 19.6. The number of hydrogen-bond acceptors (Lipinski definition) is 3. The van der Waals surface area contributed by atoms with Crippen molar-refractivity contribution >= 4 is 12.0 Å². The van der Waals surface area contributed by atoms with Crippen LogP contribution in [0.1, 0.15) is 40.2 Å². The molecule has 1 aromatic heterocycles. The highest BCUT2D eigenvalue weighted by atomic mass is 16.5. The van der Waals surface area contributed by atoms with Gasteiger partial charge in [-0.3, -0.25) is 4.79 Å². The molecule has 1 aliphatic heterocycles. The normalized spacial score (nSPS) is 14.9. The molecular weight excluding hydrogens is 342 g/mol. The fraction of sp³-hybridized carbons (Fsp3) is 0.429. The predicted octanol–water partition coefficient (Wildman–Crippen LogP) is 3.36. The summed E-state index contributed by atoms with van der Waals surface area (Å²) in [5, 5.41) is 3.13. The molecule has 1 saturated heterocycles. The Morgan fingerprint density at radius 2 is 1.78 bits per heavy atom. The van der Waals surface area contributed by atoms with E-state index in [0.29, 0.717) is 18.7 Å². The van der Waals surface area contributed by atoms with E-state index in [1.54, 1.807) is 4.90 Å². The minimum atomic E-state index is -0.304. The van der Waals surface area contributed by atoms with E-state index in [-0.39, 0.29) is 18.0 Å². The summed E-state index contributed by atoms with van der Waals surface area (Å²) < 4.78 is 6.88. The van der Waals surface area contributed by atoms with Crippen LogP contribution >= 0.6 is 0 Å². The van der Waals surface area contributed by atoms with E-state index in [2.05, 4.69) is 28.9 Å². The zero-order valence-corrected chi connectivity index (χ0v) is 16.4. The number of rotatable bonds is 3. The third-order valence-electron chi connectivity index (χ3n) is 5.30. The van der Waals surface area contributed by atoms with Crippen LogP contribution in [-0.2, 0) is 4.74 Å². The summed E-state index contributed by atoms with van der Waals surface area (Å²) >= 11 is 0. The fourth-order valence-electron chi connectivity index (χ4n) is 3.78. The van der Waals surface area contributed by atoms with Crippen molar-refractivity contribution in [3.05, 3.63) is 52.8 Å². The molecule has 1 fully saturated rings. The lowest BCUT2D eigenvalue weighted by atomic mass is 10.0.